The molecule has 0 unspecified atom stereocenters. The summed E-state index contributed by atoms with van der Waals surface area (Å²) in [6.45, 7) is 3.55. The number of nitro benzene ring substituents is 1. The Labute approximate surface area is 140 Å². The molecule has 1 saturated heterocycles. The number of rotatable bonds is 4. The van der Waals surface area contributed by atoms with E-state index < -0.39 is 4.92 Å². The fourth-order valence-corrected chi connectivity index (χ4v) is 3.07. The van der Waals surface area contributed by atoms with Gasteiger partial charge in [0.05, 0.1) is 16.3 Å². The quantitative estimate of drug-likeness (QED) is 0.686. The van der Waals surface area contributed by atoms with Crippen molar-refractivity contribution in [3.63, 3.8) is 0 Å². The number of nitro groups is 1. The summed E-state index contributed by atoms with van der Waals surface area (Å²) < 4.78 is 0. The van der Waals surface area contributed by atoms with E-state index in [0.29, 0.717) is 11.1 Å². The third-order valence-corrected chi connectivity index (χ3v) is 4.35. The number of nitrogens with zero attached hydrogens (tertiary/aromatic N) is 2. The van der Waals surface area contributed by atoms with Gasteiger partial charge in [0, 0.05) is 30.3 Å². The van der Waals surface area contributed by atoms with Gasteiger partial charge >= 0.3 is 0 Å². The van der Waals surface area contributed by atoms with E-state index in [0.717, 1.165) is 37.3 Å². The molecule has 0 aliphatic carbocycles. The molecule has 2 aromatic rings. The summed E-state index contributed by atoms with van der Waals surface area (Å²) in [5.74, 6) is -0.331. The third kappa shape index (κ3) is 3.08. The van der Waals surface area contributed by atoms with Crippen LogP contribution in [0.5, 0.6) is 0 Å². The molecule has 0 saturated carbocycles. The maximum absolute atomic E-state index is 12.6. The van der Waals surface area contributed by atoms with Crippen LogP contribution in [0.3, 0.4) is 0 Å². The van der Waals surface area contributed by atoms with Gasteiger partial charge in [-0.2, -0.15) is 0 Å². The van der Waals surface area contributed by atoms with Crippen molar-refractivity contribution < 1.29 is 9.72 Å². The zero-order valence-electron chi connectivity index (χ0n) is 13.5. The molecule has 3 rings (SSSR count). The van der Waals surface area contributed by atoms with Gasteiger partial charge < -0.3 is 10.2 Å². The number of carbonyl (C=O) groups is 1. The molecule has 1 N–H and O–H groups in total. The number of amides is 1. The second-order valence-electron chi connectivity index (χ2n) is 5.87. The maximum atomic E-state index is 12.6. The molecule has 2 aromatic carbocycles. The molecule has 1 heterocycles. The number of hydrogen-bond donors (Lipinski definition) is 1. The lowest BCUT2D eigenvalue weighted by atomic mass is 10.1. The minimum Gasteiger partial charge on any atom is -0.370 e. The Hall–Kier alpha value is -2.89. The predicted octanol–water partition coefficient (Wildman–Crippen LogP) is 3.76. The molecule has 0 spiro atoms. The molecule has 1 amide bonds. The summed E-state index contributed by atoms with van der Waals surface area (Å²) in [4.78, 5) is 25.5. The Kier molecular flexibility index (Phi) is 4.46. The molecule has 24 heavy (non-hydrogen) atoms. The van der Waals surface area contributed by atoms with E-state index in [1.807, 2.05) is 24.3 Å². The van der Waals surface area contributed by atoms with Crippen molar-refractivity contribution in [2.45, 2.75) is 19.8 Å². The average Bonchev–Trinajstić information content (AvgIpc) is 3.09. The van der Waals surface area contributed by atoms with Gasteiger partial charge in [0.25, 0.3) is 11.6 Å². The first-order valence-corrected chi connectivity index (χ1v) is 7.97. The lowest BCUT2D eigenvalue weighted by Crippen LogP contribution is -2.21. The number of benzene rings is 2. The second kappa shape index (κ2) is 6.70. The standard InChI is InChI=1S/C18H19N3O3/c1-13-14(7-6-10-16(13)21(23)24)18(22)19-15-8-2-3-9-17(15)20-11-4-5-12-20/h2-3,6-10H,4-5,11-12H2,1H3,(H,19,22). The molecular formula is C18H19N3O3. The van der Waals surface area contributed by atoms with Crippen molar-refractivity contribution >= 4 is 23.0 Å². The van der Waals surface area contributed by atoms with Gasteiger partial charge in [-0.25, -0.2) is 0 Å². The Balaban J connectivity index is 1.88. The van der Waals surface area contributed by atoms with Crippen molar-refractivity contribution in [1.82, 2.24) is 0 Å². The molecular weight excluding hydrogens is 306 g/mol. The third-order valence-electron chi connectivity index (χ3n) is 4.35. The predicted molar refractivity (Wildman–Crippen MR) is 93.7 cm³/mol. The van der Waals surface area contributed by atoms with Crippen LogP contribution in [0, 0.1) is 17.0 Å². The van der Waals surface area contributed by atoms with Crippen LogP contribution in [-0.2, 0) is 0 Å². The summed E-state index contributed by atoms with van der Waals surface area (Å²) >= 11 is 0. The zero-order chi connectivity index (χ0) is 17.1. The highest BCUT2D eigenvalue weighted by Crippen LogP contribution is 2.29. The molecule has 1 aliphatic rings. The molecule has 0 radical (unpaired) electrons. The van der Waals surface area contributed by atoms with Crippen LogP contribution in [0.2, 0.25) is 0 Å². The van der Waals surface area contributed by atoms with Gasteiger partial charge in [-0.1, -0.05) is 18.2 Å². The molecule has 0 aromatic heterocycles. The largest absolute Gasteiger partial charge is 0.370 e. The fourth-order valence-electron chi connectivity index (χ4n) is 3.07. The van der Waals surface area contributed by atoms with E-state index >= 15 is 0 Å². The van der Waals surface area contributed by atoms with Crippen LogP contribution in [-0.4, -0.2) is 23.9 Å². The second-order valence-corrected chi connectivity index (χ2v) is 5.87. The molecule has 0 atom stereocenters. The lowest BCUT2D eigenvalue weighted by Gasteiger charge is -2.21. The van der Waals surface area contributed by atoms with Crippen LogP contribution in [0.4, 0.5) is 17.1 Å². The van der Waals surface area contributed by atoms with E-state index in [1.165, 1.54) is 12.1 Å². The molecule has 1 aliphatic heterocycles. The number of para-hydroxylation sites is 2. The summed E-state index contributed by atoms with van der Waals surface area (Å²) in [7, 11) is 0. The van der Waals surface area contributed by atoms with E-state index in [9.17, 15) is 14.9 Å². The molecule has 124 valence electrons. The zero-order valence-corrected chi connectivity index (χ0v) is 13.5. The maximum Gasteiger partial charge on any atom is 0.273 e. The van der Waals surface area contributed by atoms with Crippen LogP contribution >= 0.6 is 0 Å². The van der Waals surface area contributed by atoms with Crippen molar-refractivity contribution in [3.8, 4) is 0 Å². The van der Waals surface area contributed by atoms with E-state index in [2.05, 4.69) is 10.2 Å². The molecule has 6 nitrogen and oxygen atoms in total. The number of nitrogens with one attached hydrogen (secondary N) is 1. The van der Waals surface area contributed by atoms with Crippen molar-refractivity contribution in [1.29, 1.82) is 0 Å². The van der Waals surface area contributed by atoms with Crippen molar-refractivity contribution in [3.05, 3.63) is 63.7 Å². The summed E-state index contributed by atoms with van der Waals surface area (Å²) in [5, 5.41) is 14.0. The average molecular weight is 325 g/mol. The topological polar surface area (TPSA) is 75.5 Å². The Morgan fingerprint density at radius 2 is 1.83 bits per heavy atom. The van der Waals surface area contributed by atoms with Gasteiger partial charge in [-0.3, -0.25) is 14.9 Å². The van der Waals surface area contributed by atoms with E-state index in [1.54, 1.807) is 13.0 Å². The highest BCUT2D eigenvalue weighted by atomic mass is 16.6. The van der Waals surface area contributed by atoms with Crippen LogP contribution in [0.25, 0.3) is 0 Å². The van der Waals surface area contributed by atoms with Gasteiger partial charge in [0.1, 0.15) is 0 Å². The first kappa shape index (κ1) is 16.0. The Morgan fingerprint density at radius 3 is 2.54 bits per heavy atom. The fraction of sp³-hybridized carbons (Fsp3) is 0.278. The smallest absolute Gasteiger partial charge is 0.273 e. The van der Waals surface area contributed by atoms with Gasteiger partial charge in [-0.05, 0) is 38.0 Å². The van der Waals surface area contributed by atoms with E-state index in [-0.39, 0.29) is 11.6 Å². The van der Waals surface area contributed by atoms with E-state index in [4.69, 9.17) is 0 Å². The first-order valence-electron chi connectivity index (χ1n) is 7.97. The minimum absolute atomic E-state index is 0.0459. The lowest BCUT2D eigenvalue weighted by molar-refractivity contribution is -0.385. The Bertz CT molecular complexity index is 783. The number of carbonyl (C=O) groups excluding carboxylic acids is 1. The van der Waals surface area contributed by atoms with Crippen molar-refractivity contribution in [2.75, 3.05) is 23.3 Å². The summed E-state index contributed by atoms with van der Waals surface area (Å²) in [6.07, 6.45) is 2.29. The monoisotopic (exact) mass is 325 g/mol. The number of anilines is 2. The van der Waals surface area contributed by atoms with Crippen LogP contribution < -0.4 is 10.2 Å². The van der Waals surface area contributed by atoms with Gasteiger partial charge in [0.2, 0.25) is 0 Å². The van der Waals surface area contributed by atoms with Crippen LogP contribution in [0.15, 0.2) is 42.5 Å². The SMILES string of the molecule is Cc1c(C(=O)Nc2ccccc2N2CCCC2)cccc1[N+](=O)[O-]. The minimum atomic E-state index is -0.468. The normalized spacial score (nSPS) is 13.8. The Morgan fingerprint density at radius 1 is 1.12 bits per heavy atom. The number of hydrogen-bond acceptors (Lipinski definition) is 4. The highest BCUT2D eigenvalue weighted by Gasteiger charge is 2.20. The summed E-state index contributed by atoms with van der Waals surface area (Å²) in [6, 6.07) is 12.2. The van der Waals surface area contributed by atoms with Crippen molar-refractivity contribution in [2.24, 2.45) is 0 Å². The van der Waals surface area contributed by atoms with Crippen LogP contribution in [0.1, 0.15) is 28.8 Å². The summed E-state index contributed by atoms with van der Waals surface area (Å²) in [5.41, 5.74) is 2.37. The molecule has 6 heteroatoms. The van der Waals surface area contributed by atoms with Gasteiger partial charge in [-0.15, -0.1) is 0 Å². The molecule has 1 fully saturated rings. The van der Waals surface area contributed by atoms with Gasteiger partial charge in [0.15, 0.2) is 0 Å². The first-order chi connectivity index (χ1) is 11.6. The highest BCUT2D eigenvalue weighted by molar-refractivity contribution is 6.07. The molecule has 0 bridgehead atoms.